The van der Waals surface area contributed by atoms with E-state index < -0.39 is 0 Å². The SMILES string of the molecule is C=CCCN1CC(C(C)C)NCC1CC. The number of hydrogen-bond acceptors (Lipinski definition) is 2. The molecule has 2 unspecified atom stereocenters. The summed E-state index contributed by atoms with van der Waals surface area (Å²) in [6, 6.07) is 1.39. The van der Waals surface area contributed by atoms with E-state index in [0.717, 1.165) is 24.9 Å². The topological polar surface area (TPSA) is 15.3 Å². The fourth-order valence-electron chi connectivity index (χ4n) is 2.26. The lowest BCUT2D eigenvalue weighted by molar-refractivity contribution is 0.112. The first-order chi connectivity index (χ1) is 7.19. The van der Waals surface area contributed by atoms with Gasteiger partial charge in [0.1, 0.15) is 0 Å². The zero-order valence-electron chi connectivity index (χ0n) is 10.5. The molecule has 2 heteroatoms. The average Bonchev–Trinajstić information content (AvgIpc) is 2.25. The minimum absolute atomic E-state index is 0.664. The van der Waals surface area contributed by atoms with Gasteiger partial charge in [-0.1, -0.05) is 26.8 Å². The molecule has 2 atom stereocenters. The summed E-state index contributed by atoms with van der Waals surface area (Å²) in [6.45, 7) is 14.2. The van der Waals surface area contributed by atoms with Crippen molar-refractivity contribution in [3.05, 3.63) is 12.7 Å². The zero-order valence-corrected chi connectivity index (χ0v) is 10.5. The Balaban J connectivity index is 2.48. The molecule has 0 aromatic rings. The van der Waals surface area contributed by atoms with Crippen LogP contribution in [-0.2, 0) is 0 Å². The summed E-state index contributed by atoms with van der Waals surface area (Å²) in [5, 5.41) is 3.66. The minimum atomic E-state index is 0.664. The molecule has 0 saturated carbocycles. The molecule has 15 heavy (non-hydrogen) atoms. The third-order valence-electron chi connectivity index (χ3n) is 3.46. The van der Waals surface area contributed by atoms with Gasteiger partial charge in [-0.3, -0.25) is 4.90 Å². The molecule has 88 valence electrons. The highest BCUT2D eigenvalue weighted by Crippen LogP contribution is 2.15. The van der Waals surface area contributed by atoms with Crippen LogP contribution in [0.15, 0.2) is 12.7 Å². The monoisotopic (exact) mass is 210 g/mol. The Labute approximate surface area is 94.7 Å². The Bertz CT molecular complexity index is 189. The maximum atomic E-state index is 3.81. The maximum absolute atomic E-state index is 3.81. The average molecular weight is 210 g/mol. The molecule has 1 saturated heterocycles. The summed E-state index contributed by atoms with van der Waals surface area (Å²) in [4.78, 5) is 2.63. The van der Waals surface area contributed by atoms with Gasteiger partial charge in [0.05, 0.1) is 0 Å². The zero-order chi connectivity index (χ0) is 11.3. The summed E-state index contributed by atoms with van der Waals surface area (Å²) < 4.78 is 0. The molecular formula is C13H26N2. The molecule has 1 aliphatic heterocycles. The van der Waals surface area contributed by atoms with Crippen LogP contribution in [0.3, 0.4) is 0 Å². The van der Waals surface area contributed by atoms with Crippen molar-refractivity contribution in [2.75, 3.05) is 19.6 Å². The molecule has 1 N–H and O–H groups in total. The van der Waals surface area contributed by atoms with Gasteiger partial charge in [-0.25, -0.2) is 0 Å². The Morgan fingerprint density at radius 3 is 2.80 bits per heavy atom. The number of rotatable bonds is 5. The summed E-state index contributed by atoms with van der Waals surface area (Å²) in [5.41, 5.74) is 0. The molecule has 0 bridgehead atoms. The normalized spacial score (nSPS) is 28.3. The van der Waals surface area contributed by atoms with E-state index in [2.05, 4.69) is 37.6 Å². The van der Waals surface area contributed by atoms with Gasteiger partial charge >= 0.3 is 0 Å². The van der Waals surface area contributed by atoms with Crippen LogP contribution < -0.4 is 5.32 Å². The number of hydrogen-bond donors (Lipinski definition) is 1. The maximum Gasteiger partial charge on any atom is 0.0218 e. The van der Waals surface area contributed by atoms with Crippen molar-refractivity contribution in [1.82, 2.24) is 10.2 Å². The highest BCUT2D eigenvalue weighted by atomic mass is 15.2. The predicted molar refractivity (Wildman–Crippen MR) is 67.1 cm³/mol. The second-order valence-corrected chi connectivity index (χ2v) is 4.89. The summed E-state index contributed by atoms with van der Waals surface area (Å²) in [7, 11) is 0. The van der Waals surface area contributed by atoms with Crippen LogP contribution in [0.2, 0.25) is 0 Å². The molecule has 2 nitrogen and oxygen atoms in total. The molecule has 1 heterocycles. The summed E-state index contributed by atoms with van der Waals surface area (Å²) in [5.74, 6) is 0.731. The van der Waals surface area contributed by atoms with Crippen LogP contribution in [0.1, 0.15) is 33.6 Å². The van der Waals surface area contributed by atoms with Gasteiger partial charge in [0.25, 0.3) is 0 Å². The van der Waals surface area contributed by atoms with E-state index in [-0.39, 0.29) is 0 Å². The summed E-state index contributed by atoms with van der Waals surface area (Å²) in [6.07, 6.45) is 4.38. The second kappa shape index (κ2) is 6.29. The van der Waals surface area contributed by atoms with Crippen LogP contribution in [0, 0.1) is 5.92 Å². The highest BCUT2D eigenvalue weighted by Gasteiger charge is 2.27. The third-order valence-corrected chi connectivity index (χ3v) is 3.46. The van der Waals surface area contributed by atoms with E-state index in [1.54, 1.807) is 0 Å². The molecule has 1 aliphatic rings. The molecular weight excluding hydrogens is 184 g/mol. The molecule has 0 spiro atoms. The number of nitrogens with one attached hydrogen (secondary N) is 1. The van der Waals surface area contributed by atoms with E-state index in [0.29, 0.717) is 6.04 Å². The van der Waals surface area contributed by atoms with Crippen LogP contribution in [-0.4, -0.2) is 36.6 Å². The largest absolute Gasteiger partial charge is 0.311 e. The van der Waals surface area contributed by atoms with Crippen molar-refractivity contribution in [1.29, 1.82) is 0 Å². The summed E-state index contributed by atoms with van der Waals surface area (Å²) >= 11 is 0. The third kappa shape index (κ3) is 3.62. The Kier molecular flexibility index (Phi) is 5.34. The van der Waals surface area contributed by atoms with Crippen molar-refractivity contribution < 1.29 is 0 Å². The van der Waals surface area contributed by atoms with E-state index >= 15 is 0 Å². The van der Waals surface area contributed by atoms with E-state index in [9.17, 15) is 0 Å². The van der Waals surface area contributed by atoms with Gasteiger partial charge in [-0.2, -0.15) is 0 Å². The first-order valence-corrected chi connectivity index (χ1v) is 6.27. The van der Waals surface area contributed by atoms with Crippen LogP contribution in [0.25, 0.3) is 0 Å². The van der Waals surface area contributed by atoms with E-state index in [1.807, 2.05) is 6.08 Å². The Hall–Kier alpha value is -0.340. The van der Waals surface area contributed by atoms with Gasteiger partial charge in [0, 0.05) is 31.7 Å². The molecule has 0 amide bonds. The first-order valence-electron chi connectivity index (χ1n) is 6.27. The fourth-order valence-corrected chi connectivity index (χ4v) is 2.26. The molecule has 1 rings (SSSR count). The standard InChI is InChI=1S/C13H26N2/c1-5-7-8-15-10-13(11(3)4)14-9-12(15)6-2/h5,11-14H,1,6-10H2,2-4H3. The van der Waals surface area contributed by atoms with Gasteiger partial charge in [-0.05, 0) is 18.8 Å². The van der Waals surface area contributed by atoms with Crippen molar-refractivity contribution in [3.63, 3.8) is 0 Å². The van der Waals surface area contributed by atoms with Crippen molar-refractivity contribution in [3.8, 4) is 0 Å². The number of nitrogens with zero attached hydrogens (tertiary/aromatic N) is 1. The molecule has 0 radical (unpaired) electrons. The van der Waals surface area contributed by atoms with Gasteiger partial charge in [-0.15, -0.1) is 6.58 Å². The Morgan fingerprint density at radius 1 is 1.53 bits per heavy atom. The lowest BCUT2D eigenvalue weighted by Crippen LogP contribution is -2.57. The quantitative estimate of drug-likeness (QED) is 0.700. The van der Waals surface area contributed by atoms with Gasteiger partial charge in [0.2, 0.25) is 0 Å². The van der Waals surface area contributed by atoms with E-state index in [1.165, 1.54) is 19.5 Å². The smallest absolute Gasteiger partial charge is 0.0218 e. The molecule has 0 aliphatic carbocycles. The fraction of sp³-hybridized carbons (Fsp3) is 0.846. The highest BCUT2D eigenvalue weighted by molar-refractivity contribution is 4.87. The minimum Gasteiger partial charge on any atom is -0.311 e. The number of piperazine rings is 1. The predicted octanol–water partition coefficient (Wildman–Crippen LogP) is 2.27. The van der Waals surface area contributed by atoms with Crippen molar-refractivity contribution >= 4 is 0 Å². The van der Waals surface area contributed by atoms with Crippen molar-refractivity contribution in [2.45, 2.75) is 45.7 Å². The lowest BCUT2D eigenvalue weighted by atomic mass is 9.98. The van der Waals surface area contributed by atoms with Gasteiger partial charge < -0.3 is 5.32 Å². The van der Waals surface area contributed by atoms with Crippen LogP contribution in [0.5, 0.6) is 0 Å². The van der Waals surface area contributed by atoms with Crippen LogP contribution >= 0.6 is 0 Å². The lowest BCUT2D eigenvalue weighted by Gasteiger charge is -2.41. The van der Waals surface area contributed by atoms with Gasteiger partial charge in [0.15, 0.2) is 0 Å². The second-order valence-electron chi connectivity index (χ2n) is 4.89. The van der Waals surface area contributed by atoms with E-state index in [4.69, 9.17) is 0 Å². The molecule has 0 aromatic heterocycles. The Morgan fingerprint density at radius 2 is 2.27 bits per heavy atom. The first kappa shape index (κ1) is 12.7. The molecule has 0 aromatic carbocycles. The van der Waals surface area contributed by atoms with Crippen molar-refractivity contribution in [2.24, 2.45) is 5.92 Å². The molecule has 1 fully saturated rings. The van der Waals surface area contributed by atoms with Crippen LogP contribution in [0.4, 0.5) is 0 Å².